The smallest absolute Gasteiger partial charge is 0.190 e. The van der Waals surface area contributed by atoms with Gasteiger partial charge in [-0.2, -0.15) is 0 Å². The van der Waals surface area contributed by atoms with Gasteiger partial charge >= 0.3 is 0 Å². The minimum absolute atomic E-state index is 0.379. The van der Waals surface area contributed by atoms with Crippen molar-refractivity contribution in [2.75, 3.05) is 24.2 Å². The summed E-state index contributed by atoms with van der Waals surface area (Å²) >= 11 is 7.52. The van der Waals surface area contributed by atoms with Crippen LogP contribution >= 0.6 is 23.4 Å². The van der Waals surface area contributed by atoms with Crippen LogP contribution in [0, 0.1) is 0 Å². The molecule has 0 bridgehead atoms. The lowest BCUT2D eigenvalue weighted by Gasteiger charge is -2.36. The number of anilines is 1. The molecule has 0 saturated carbocycles. The zero-order valence-electron chi connectivity index (χ0n) is 9.90. The topological polar surface area (TPSA) is 55.0 Å². The number of halogens is 1. The number of piperidine rings is 1. The number of hydrogen-bond acceptors (Lipinski definition) is 5. The van der Waals surface area contributed by atoms with E-state index in [0.29, 0.717) is 22.9 Å². The molecule has 1 fully saturated rings. The minimum atomic E-state index is 0.379. The lowest BCUT2D eigenvalue weighted by atomic mass is 10.0. The van der Waals surface area contributed by atoms with Crippen molar-refractivity contribution < 1.29 is 0 Å². The van der Waals surface area contributed by atoms with E-state index in [1.807, 2.05) is 12.3 Å². The molecule has 2 rings (SSSR count). The quantitative estimate of drug-likeness (QED) is 0.519. The molecule has 0 aromatic carbocycles. The third-order valence-electron chi connectivity index (χ3n) is 3.04. The summed E-state index contributed by atoms with van der Waals surface area (Å²) in [5.41, 5.74) is 5.82. The largest absolute Gasteiger partial charge is 0.352 e. The fourth-order valence-electron chi connectivity index (χ4n) is 2.17. The molecular formula is C11H17ClN4S. The van der Waals surface area contributed by atoms with Gasteiger partial charge in [-0.25, -0.2) is 9.97 Å². The van der Waals surface area contributed by atoms with E-state index in [-0.39, 0.29) is 0 Å². The average Bonchev–Trinajstić information content (AvgIpc) is 2.37. The van der Waals surface area contributed by atoms with Gasteiger partial charge in [0.2, 0.25) is 0 Å². The van der Waals surface area contributed by atoms with Gasteiger partial charge in [0.25, 0.3) is 0 Å². The van der Waals surface area contributed by atoms with Gasteiger partial charge < -0.3 is 10.6 Å². The second kappa shape index (κ2) is 5.89. The van der Waals surface area contributed by atoms with Crippen LogP contribution in [0.5, 0.6) is 0 Å². The molecule has 4 nitrogen and oxygen atoms in total. The van der Waals surface area contributed by atoms with Gasteiger partial charge in [0.1, 0.15) is 11.0 Å². The van der Waals surface area contributed by atoms with Crippen LogP contribution in [-0.4, -0.2) is 35.4 Å². The Morgan fingerprint density at radius 3 is 3.06 bits per heavy atom. The summed E-state index contributed by atoms with van der Waals surface area (Å²) in [4.78, 5) is 10.9. The molecule has 2 heterocycles. The van der Waals surface area contributed by atoms with Crippen LogP contribution in [0.25, 0.3) is 0 Å². The second-order valence-corrected chi connectivity index (χ2v) is 5.27. The van der Waals surface area contributed by atoms with Gasteiger partial charge in [-0.3, -0.25) is 0 Å². The molecule has 1 atom stereocenters. The van der Waals surface area contributed by atoms with Crippen LogP contribution in [0.15, 0.2) is 11.2 Å². The Morgan fingerprint density at radius 2 is 2.35 bits per heavy atom. The van der Waals surface area contributed by atoms with Crippen LogP contribution in [0.1, 0.15) is 19.3 Å². The second-order valence-electron chi connectivity index (χ2n) is 4.11. The van der Waals surface area contributed by atoms with E-state index in [4.69, 9.17) is 17.3 Å². The zero-order chi connectivity index (χ0) is 12.3. The fraction of sp³-hybridized carbons (Fsp3) is 0.636. The molecule has 1 saturated heterocycles. The Hall–Kier alpha value is -0.520. The highest BCUT2D eigenvalue weighted by molar-refractivity contribution is 7.98. The van der Waals surface area contributed by atoms with E-state index in [9.17, 15) is 0 Å². The summed E-state index contributed by atoms with van der Waals surface area (Å²) in [6.45, 7) is 1.67. The van der Waals surface area contributed by atoms with Crippen LogP contribution in [0.2, 0.25) is 5.15 Å². The monoisotopic (exact) mass is 272 g/mol. The predicted molar refractivity (Wildman–Crippen MR) is 72.9 cm³/mol. The Balaban J connectivity index is 2.27. The highest BCUT2D eigenvalue weighted by atomic mass is 35.5. The Kier molecular flexibility index (Phi) is 4.48. The van der Waals surface area contributed by atoms with Crippen LogP contribution in [0.4, 0.5) is 5.82 Å². The lowest BCUT2D eigenvalue weighted by molar-refractivity contribution is 0.461. The molecule has 2 N–H and O–H groups in total. The number of hydrogen-bond donors (Lipinski definition) is 1. The fourth-order valence-corrected chi connectivity index (χ4v) is 2.77. The van der Waals surface area contributed by atoms with Gasteiger partial charge in [0.15, 0.2) is 5.16 Å². The lowest BCUT2D eigenvalue weighted by Crippen LogP contribution is -2.44. The molecule has 1 aromatic rings. The summed E-state index contributed by atoms with van der Waals surface area (Å²) in [5, 5.41) is 1.22. The molecule has 1 aromatic heterocycles. The van der Waals surface area contributed by atoms with E-state index >= 15 is 0 Å². The van der Waals surface area contributed by atoms with Gasteiger partial charge in [-0.15, -0.1) is 0 Å². The first-order valence-electron chi connectivity index (χ1n) is 5.80. The predicted octanol–water partition coefficient (Wildman–Crippen LogP) is 2.17. The van der Waals surface area contributed by atoms with E-state index in [0.717, 1.165) is 18.8 Å². The van der Waals surface area contributed by atoms with E-state index in [2.05, 4.69) is 14.9 Å². The normalized spacial score (nSPS) is 20.6. The molecule has 1 aliphatic rings. The number of aromatic nitrogens is 2. The first-order chi connectivity index (χ1) is 8.24. The first-order valence-corrected chi connectivity index (χ1v) is 7.40. The Morgan fingerprint density at radius 1 is 1.53 bits per heavy atom. The maximum absolute atomic E-state index is 6.02. The third kappa shape index (κ3) is 3.03. The van der Waals surface area contributed by atoms with Crippen LogP contribution in [0.3, 0.4) is 0 Å². The third-order valence-corrected chi connectivity index (χ3v) is 3.78. The number of rotatable bonds is 3. The van der Waals surface area contributed by atoms with Crippen molar-refractivity contribution in [2.45, 2.75) is 30.5 Å². The molecular weight excluding hydrogens is 256 g/mol. The SMILES string of the molecule is CSc1nc(Cl)cc(N2CCCCC2CN)n1. The summed E-state index contributed by atoms with van der Waals surface area (Å²) in [5.74, 6) is 0.907. The highest BCUT2D eigenvalue weighted by Gasteiger charge is 2.23. The van der Waals surface area contributed by atoms with Gasteiger partial charge in [0, 0.05) is 25.2 Å². The van der Waals surface area contributed by atoms with Gasteiger partial charge in [0.05, 0.1) is 0 Å². The van der Waals surface area contributed by atoms with Gasteiger partial charge in [-0.1, -0.05) is 23.4 Å². The van der Waals surface area contributed by atoms with Crippen molar-refractivity contribution in [3.63, 3.8) is 0 Å². The average molecular weight is 273 g/mol. The van der Waals surface area contributed by atoms with E-state index < -0.39 is 0 Å². The molecule has 0 aliphatic carbocycles. The number of nitrogens with two attached hydrogens (primary N) is 1. The minimum Gasteiger partial charge on any atom is -0.352 e. The van der Waals surface area contributed by atoms with Crippen molar-refractivity contribution in [3.05, 3.63) is 11.2 Å². The summed E-state index contributed by atoms with van der Waals surface area (Å²) in [7, 11) is 0. The summed E-state index contributed by atoms with van der Waals surface area (Å²) in [6.07, 6.45) is 5.51. The van der Waals surface area contributed by atoms with Crippen molar-refractivity contribution in [1.82, 2.24) is 9.97 Å². The zero-order valence-corrected chi connectivity index (χ0v) is 11.5. The van der Waals surface area contributed by atoms with E-state index in [1.54, 1.807) is 0 Å². The summed E-state index contributed by atoms with van der Waals surface area (Å²) < 4.78 is 0. The number of thioether (sulfide) groups is 1. The van der Waals surface area contributed by atoms with Crippen molar-refractivity contribution in [2.24, 2.45) is 5.73 Å². The maximum Gasteiger partial charge on any atom is 0.190 e. The molecule has 17 heavy (non-hydrogen) atoms. The first kappa shape index (κ1) is 12.9. The molecule has 0 spiro atoms. The standard InChI is InChI=1S/C11H17ClN4S/c1-17-11-14-9(12)6-10(15-11)16-5-3-2-4-8(16)7-13/h6,8H,2-5,7,13H2,1H3. The van der Waals surface area contributed by atoms with Crippen molar-refractivity contribution >= 4 is 29.2 Å². The Labute approximate surface area is 111 Å². The Bertz CT molecular complexity index is 388. The van der Waals surface area contributed by atoms with Crippen molar-refractivity contribution in [1.29, 1.82) is 0 Å². The molecule has 94 valence electrons. The molecule has 0 radical (unpaired) electrons. The molecule has 1 aliphatic heterocycles. The maximum atomic E-state index is 6.02. The van der Waals surface area contributed by atoms with Gasteiger partial charge in [-0.05, 0) is 25.5 Å². The van der Waals surface area contributed by atoms with Crippen molar-refractivity contribution in [3.8, 4) is 0 Å². The molecule has 0 amide bonds. The van der Waals surface area contributed by atoms with E-state index in [1.165, 1.54) is 24.6 Å². The molecule has 6 heteroatoms. The van der Waals surface area contributed by atoms with Crippen LogP contribution in [-0.2, 0) is 0 Å². The molecule has 1 unspecified atom stereocenters. The van der Waals surface area contributed by atoms with Crippen LogP contribution < -0.4 is 10.6 Å². The number of nitrogens with zero attached hydrogens (tertiary/aromatic N) is 3. The highest BCUT2D eigenvalue weighted by Crippen LogP contribution is 2.26. The summed E-state index contributed by atoms with van der Waals surface area (Å²) in [6, 6.07) is 2.21.